The Kier molecular flexibility index (Phi) is 3.58. The molecule has 0 unspecified atom stereocenters. The summed E-state index contributed by atoms with van der Waals surface area (Å²) in [5.74, 6) is 0.456. The van der Waals surface area contributed by atoms with E-state index < -0.39 is 0 Å². The maximum Gasteiger partial charge on any atom is 0.225 e. The van der Waals surface area contributed by atoms with Gasteiger partial charge in [-0.1, -0.05) is 18.5 Å². The van der Waals surface area contributed by atoms with Crippen molar-refractivity contribution in [3.05, 3.63) is 20.7 Å². The molecule has 0 spiro atoms. The monoisotopic (exact) mass is 363 g/mol. The fraction of sp³-hybridized carbons (Fsp3) is 0.273. The Morgan fingerprint density at radius 2 is 2.29 bits per heavy atom. The van der Waals surface area contributed by atoms with Gasteiger partial charge in [0.25, 0.3) is 0 Å². The topological polar surface area (TPSA) is 46.9 Å². The molecule has 0 radical (unpaired) electrons. The van der Waals surface area contributed by atoms with Crippen LogP contribution in [0.1, 0.15) is 13.3 Å². The van der Waals surface area contributed by atoms with Crippen LogP contribution in [0.25, 0.3) is 10.9 Å². The normalized spacial score (nSPS) is 10.8. The molecule has 1 heterocycles. The van der Waals surface area contributed by atoms with Crippen molar-refractivity contribution in [1.29, 1.82) is 0 Å². The lowest BCUT2D eigenvalue weighted by Gasteiger charge is -2.01. The van der Waals surface area contributed by atoms with E-state index >= 15 is 0 Å². The van der Waals surface area contributed by atoms with Crippen molar-refractivity contribution >= 4 is 56.8 Å². The van der Waals surface area contributed by atoms with Gasteiger partial charge in [-0.2, -0.15) is 5.10 Å². The molecule has 2 rings (SSSR count). The molecule has 1 aromatic heterocycles. The predicted octanol–water partition coefficient (Wildman–Crippen LogP) is 3.18. The quantitative estimate of drug-likeness (QED) is 0.833. The van der Waals surface area contributed by atoms with Crippen LogP contribution in [0.5, 0.6) is 0 Å². The molecule has 0 saturated heterocycles. The average molecular weight is 364 g/mol. The number of carbonyl (C=O) groups excluding carboxylic acids is 1. The van der Waals surface area contributed by atoms with E-state index in [1.54, 1.807) is 11.6 Å². The lowest BCUT2D eigenvalue weighted by molar-refractivity contribution is -0.115. The van der Waals surface area contributed by atoms with E-state index in [0.29, 0.717) is 17.3 Å². The number of benzene rings is 1. The number of hydrogen-bond acceptors (Lipinski definition) is 2. The molecule has 0 fully saturated rings. The number of hydrogen-bond donors (Lipinski definition) is 1. The summed E-state index contributed by atoms with van der Waals surface area (Å²) >= 11 is 8.39. The average Bonchev–Trinajstić information content (AvgIpc) is 2.62. The first-order chi connectivity index (χ1) is 8.04. The van der Waals surface area contributed by atoms with Crippen LogP contribution in [0.4, 0.5) is 5.82 Å². The fourth-order valence-electron chi connectivity index (χ4n) is 1.64. The van der Waals surface area contributed by atoms with E-state index in [4.69, 9.17) is 11.6 Å². The van der Waals surface area contributed by atoms with Gasteiger partial charge < -0.3 is 5.32 Å². The van der Waals surface area contributed by atoms with E-state index in [0.717, 1.165) is 14.5 Å². The van der Waals surface area contributed by atoms with Gasteiger partial charge in [0.2, 0.25) is 5.91 Å². The molecule has 2 aromatic rings. The van der Waals surface area contributed by atoms with Crippen molar-refractivity contribution in [3.8, 4) is 0 Å². The highest BCUT2D eigenvalue weighted by Crippen LogP contribution is 2.32. The second kappa shape index (κ2) is 4.81. The van der Waals surface area contributed by atoms with E-state index in [9.17, 15) is 4.79 Å². The molecule has 0 bridgehead atoms. The van der Waals surface area contributed by atoms with Gasteiger partial charge in [-0.3, -0.25) is 9.48 Å². The standard InChI is InChI=1S/C11H11ClIN3O/c1-3-8(17)14-11-9-6(12)4-5-7(13)10(9)16(2)15-11/h4-5H,3H2,1-2H3,(H,14,15,17). The van der Waals surface area contributed by atoms with Gasteiger partial charge in [-0.25, -0.2) is 0 Å². The summed E-state index contributed by atoms with van der Waals surface area (Å²) in [5, 5.41) is 8.45. The maximum absolute atomic E-state index is 11.4. The first kappa shape index (κ1) is 12.6. The van der Waals surface area contributed by atoms with Crippen LogP contribution in [0.2, 0.25) is 5.02 Å². The number of aromatic nitrogens is 2. The number of fused-ring (bicyclic) bond motifs is 1. The number of nitrogens with zero attached hydrogens (tertiary/aromatic N) is 2. The molecule has 0 aliphatic heterocycles. The fourth-order valence-corrected chi connectivity index (χ4v) is 2.68. The molecule has 0 atom stereocenters. The molecular formula is C11H11ClIN3O. The summed E-state index contributed by atoms with van der Waals surface area (Å²) in [5.41, 5.74) is 0.935. The zero-order valence-corrected chi connectivity index (χ0v) is 12.3. The van der Waals surface area contributed by atoms with Crippen LogP contribution in [-0.2, 0) is 11.8 Å². The Morgan fingerprint density at radius 3 is 2.94 bits per heavy atom. The minimum atomic E-state index is -0.0695. The van der Waals surface area contributed by atoms with Crippen molar-refractivity contribution in [1.82, 2.24) is 9.78 Å². The third-order valence-corrected chi connectivity index (χ3v) is 3.65. The van der Waals surface area contributed by atoms with Gasteiger partial charge in [0.15, 0.2) is 5.82 Å². The van der Waals surface area contributed by atoms with Crippen LogP contribution in [0.3, 0.4) is 0 Å². The molecule has 0 aliphatic carbocycles. The van der Waals surface area contributed by atoms with Gasteiger partial charge in [0.1, 0.15) is 0 Å². The van der Waals surface area contributed by atoms with E-state index in [-0.39, 0.29) is 5.91 Å². The molecule has 1 N–H and O–H groups in total. The van der Waals surface area contributed by atoms with Crippen molar-refractivity contribution in [3.63, 3.8) is 0 Å². The number of carbonyl (C=O) groups is 1. The molecular weight excluding hydrogens is 352 g/mol. The van der Waals surface area contributed by atoms with E-state index in [1.165, 1.54) is 0 Å². The lowest BCUT2D eigenvalue weighted by Crippen LogP contribution is -2.10. The van der Waals surface area contributed by atoms with Gasteiger partial charge in [-0.15, -0.1) is 0 Å². The zero-order chi connectivity index (χ0) is 12.6. The number of halogens is 2. The van der Waals surface area contributed by atoms with Gasteiger partial charge in [0.05, 0.1) is 15.9 Å². The smallest absolute Gasteiger partial charge is 0.225 e. The number of aryl methyl sites for hydroxylation is 1. The van der Waals surface area contributed by atoms with Gasteiger partial charge in [-0.05, 0) is 34.7 Å². The number of nitrogens with one attached hydrogen (secondary N) is 1. The minimum absolute atomic E-state index is 0.0695. The second-order valence-corrected chi connectivity index (χ2v) is 5.20. The Hall–Kier alpha value is -0.820. The summed E-state index contributed by atoms with van der Waals surface area (Å²) < 4.78 is 2.78. The summed E-state index contributed by atoms with van der Waals surface area (Å²) in [6, 6.07) is 3.74. The van der Waals surface area contributed by atoms with Crippen molar-refractivity contribution in [2.75, 3.05) is 5.32 Å². The number of amides is 1. The Labute approximate surface area is 117 Å². The third kappa shape index (κ3) is 2.26. The first-order valence-electron chi connectivity index (χ1n) is 5.15. The molecule has 1 amide bonds. The van der Waals surface area contributed by atoms with Crippen LogP contribution < -0.4 is 5.32 Å². The van der Waals surface area contributed by atoms with Gasteiger partial charge >= 0.3 is 0 Å². The number of anilines is 1. The van der Waals surface area contributed by atoms with Gasteiger partial charge in [0, 0.05) is 17.0 Å². The molecule has 17 heavy (non-hydrogen) atoms. The Bertz CT molecular complexity index is 594. The maximum atomic E-state index is 11.4. The zero-order valence-electron chi connectivity index (χ0n) is 9.42. The summed E-state index contributed by atoms with van der Waals surface area (Å²) in [4.78, 5) is 11.4. The minimum Gasteiger partial charge on any atom is -0.309 e. The highest BCUT2D eigenvalue weighted by atomic mass is 127. The number of rotatable bonds is 2. The second-order valence-electron chi connectivity index (χ2n) is 3.63. The van der Waals surface area contributed by atoms with Crippen LogP contribution in [0.15, 0.2) is 12.1 Å². The molecule has 6 heteroatoms. The van der Waals surface area contributed by atoms with Crippen molar-refractivity contribution < 1.29 is 4.79 Å². The molecule has 1 aromatic carbocycles. The largest absolute Gasteiger partial charge is 0.309 e. The molecule has 0 aliphatic rings. The highest BCUT2D eigenvalue weighted by Gasteiger charge is 2.15. The SMILES string of the molecule is CCC(=O)Nc1nn(C)c2c(I)ccc(Cl)c12. The van der Waals surface area contributed by atoms with Crippen LogP contribution in [-0.4, -0.2) is 15.7 Å². The van der Waals surface area contributed by atoms with Crippen molar-refractivity contribution in [2.45, 2.75) is 13.3 Å². The van der Waals surface area contributed by atoms with Crippen LogP contribution >= 0.6 is 34.2 Å². The summed E-state index contributed by atoms with van der Waals surface area (Å²) in [7, 11) is 1.84. The predicted molar refractivity (Wildman–Crippen MR) is 77.4 cm³/mol. The Morgan fingerprint density at radius 1 is 1.59 bits per heavy atom. The lowest BCUT2D eigenvalue weighted by atomic mass is 10.2. The molecule has 0 saturated carbocycles. The molecule has 90 valence electrons. The van der Waals surface area contributed by atoms with Crippen molar-refractivity contribution in [2.24, 2.45) is 7.05 Å². The Balaban J connectivity index is 2.65. The molecule has 4 nitrogen and oxygen atoms in total. The highest BCUT2D eigenvalue weighted by molar-refractivity contribution is 14.1. The van der Waals surface area contributed by atoms with E-state index in [1.807, 2.05) is 19.2 Å². The van der Waals surface area contributed by atoms with E-state index in [2.05, 4.69) is 33.0 Å². The first-order valence-corrected chi connectivity index (χ1v) is 6.60. The summed E-state index contributed by atoms with van der Waals surface area (Å²) in [6.07, 6.45) is 0.416. The third-order valence-electron chi connectivity index (χ3n) is 2.47. The van der Waals surface area contributed by atoms with Crippen LogP contribution in [0, 0.1) is 3.57 Å². The summed E-state index contributed by atoms with van der Waals surface area (Å²) in [6.45, 7) is 1.80.